The Kier molecular flexibility index (Phi) is 3.52. The maximum atomic E-state index is 5.83. The lowest BCUT2D eigenvalue weighted by molar-refractivity contribution is 0.405. The summed E-state index contributed by atoms with van der Waals surface area (Å²) in [6, 6.07) is 7.31. The minimum absolute atomic E-state index is 0.572. The van der Waals surface area contributed by atoms with Gasteiger partial charge in [-0.3, -0.25) is 4.98 Å². The van der Waals surface area contributed by atoms with Crippen LogP contribution in [0.4, 0.5) is 17.1 Å². The van der Waals surface area contributed by atoms with Crippen molar-refractivity contribution in [3.8, 4) is 11.5 Å². The number of nitrogens with zero attached hydrogens (tertiary/aromatic N) is 1. The van der Waals surface area contributed by atoms with Crippen molar-refractivity contribution in [2.45, 2.75) is 0 Å². The van der Waals surface area contributed by atoms with Crippen molar-refractivity contribution in [2.75, 3.05) is 25.3 Å². The first-order valence-corrected chi connectivity index (χ1v) is 5.43. The number of anilines is 3. The van der Waals surface area contributed by atoms with E-state index >= 15 is 0 Å². The Labute approximate surface area is 106 Å². The van der Waals surface area contributed by atoms with Crippen molar-refractivity contribution in [1.82, 2.24) is 4.98 Å². The number of nitrogens with two attached hydrogens (primary N) is 1. The van der Waals surface area contributed by atoms with E-state index < -0.39 is 0 Å². The molecule has 0 unspecified atom stereocenters. The Hall–Kier alpha value is -2.43. The summed E-state index contributed by atoms with van der Waals surface area (Å²) in [6.07, 6.45) is 3.26. The molecule has 5 nitrogen and oxygen atoms in total. The summed E-state index contributed by atoms with van der Waals surface area (Å²) in [5.41, 5.74) is 7.97. The van der Waals surface area contributed by atoms with Gasteiger partial charge in [0.05, 0.1) is 37.5 Å². The molecular formula is C13H15N3O2. The standard InChI is InChI=1S/C13H15N3O2/c1-17-9-3-4-13(18-2)12(7-9)16-11-5-6-15-8-10(11)14/h3-8H,14H2,1-2H3,(H,15,16). The molecule has 1 aromatic carbocycles. The van der Waals surface area contributed by atoms with Gasteiger partial charge in [-0.05, 0) is 18.2 Å². The van der Waals surface area contributed by atoms with Gasteiger partial charge in [0.1, 0.15) is 11.5 Å². The number of methoxy groups -OCH3 is 2. The van der Waals surface area contributed by atoms with Gasteiger partial charge in [0.15, 0.2) is 0 Å². The summed E-state index contributed by atoms with van der Waals surface area (Å²) in [6.45, 7) is 0. The fraction of sp³-hybridized carbons (Fsp3) is 0.154. The van der Waals surface area contributed by atoms with Gasteiger partial charge in [0.2, 0.25) is 0 Å². The first-order valence-electron chi connectivity index (χ1n) is 5.43. The molecule has 0 spiro atoms. The molecule has 2 rings (SSSR count). The molecule has 0 aliphatic rings. The number of benzene rings is 1. The average molecular weight is 245 g/mol. The van der Waals surface area contributed by atoms with E-state index in [0.29, 0.717) is 11.4 Å². The topological polar surface area (TPSA) is 69.4 Å². The van der Waals surface area contributed by atoms with E-state index in [4.69, 9.17) is 15.2 Å². The quantitative estimate of drug-likeness (QED) is 0.865. The number of nitrogens with one attached hydrogen (secondary N) is 1. The lowest BCUT2D eigenvalue weighted by atomic mass is 10.2. The van der Waals surface area contributed by atoms with Crippen LogP contribution in [0.25, 0.3) is 0 Å². The van der Waals surface area contributed by atoms with Crippen LogP contribution in [0, 0.1) is 0 Å². The van der Waals surface area contributed by atoms with Gasteiger partial charge in [-0.2, -0.15) is 0 Å². The summed E-state index contributed by atoms with van der Waals surface area (Å²) in [4.78, 5) is 3.94. The largest absolute Gasteiger partial charge is 0.497 e. The SMILES string of the molecule is COc1ccc(OC)c(Nc2ccncc2N)c1. The second-order valence-electron chi connectivity index (χ2n) is 3.65. The zero-order valence-corrected chi connectivity index (χ0v) is 10.3. The van der Waals surface area contributed by atoms with Gasteiger partial charge in [-0.1, -0.05) is 0 Å². The minimum atomic E-state index is 0.572. The van der Waals surface area contributed by atoms with Crippen molar-refractivity contribution in [1.29, 1.82) is 0 Å². The van der Waals surface area contributed by atoms with Crippen molar-refractivity contribution < 1.29 is 9.47 Å². The van der Waals surface area contributed by atoms with Crippen LogP contribution in [0.1, 0.15) is 0 Å². The van der Waals surface area contributed by atoms with E-state index in [2.05, 4.69) is 10.3 Å². The maximum Gasteiger partial charge on any atom is 0.142 e. The van der Waals surface area contributed by atoms with Crippen molar-refractivity contribution in [2.24, 2.45) is 0 Å². The Morgan fingerprint density at radius 1 is 1.11 bits per heavy atom. The Morgan fingerprint density at radius 3 is 2.61 bits per heavy atom. The number of hydrogen-bond donors (Lipinski definition) is 2. The Morgan fingerprint density at radius 2 is 1.94 bits per heavy atom. The summed E-state index contributed by atoms with van der Waals surface area (Å²) in [7, 11) is 3.23. The summed E-state index contributed by atoms with van der Waals surface area (Å²) in [5.74, 6) is 1.46. The van der Waals surface area contributed by atoms with Crippen LogP contribution in [0.2, 0.25) is 0 Å². The smallest absolute Gasteiger partial charge is 0.142 e. The second-order valence-corrected chi connectivity index (χ2v) is 3.65. The predicted octanol–water partition coefficient (Wildman–Crippen LogP) is 2.42. The van der Waals surface area contributed by atoms with Crippen molar-refractivity contribution in [3.63, 3.8) is 0 Å². The second kappa shape index (κ2) is 5.27. The molecule has 94 valence electrons. The highest BCUT2D eigenvalue weighted by Gasteiger charge is 2.06. The number of rotatable bonds is 4. The van der Waals surface area contributed by atoms with E-state index in [9.17, 15) is 0 Å². The van der Waals surface area contributed by atoms with Gasteiger partial charge in [-0.25, -0.2) is 0 Å². The highest BCUT2D eigenvalue weighted by molar-refractivity contribution is 5.75. The number of ether oxygens (including phenoxy) is 2. The molecule has 3 N–H and O–H groups in total. The molecular weight excluding hydrogens is 230 g/mol. The highest BCUT2D eigenvalue weighted by atomic mass is 16.5. The van der Waals surface area contributed by atoms with Crippen LogP contribution in [0.15, 0.2) is 36.7 Å². The number of nitrogen functional groups attached to an aromatic ring is 1. The Bertz CT molecular complexity index is 544. The van der Waals surface area contributed by atoms with Crippen LogP contribution >= 0.6 is 0 Å². The first kappa shape index (κ1) is 12.0. The fourth-order valence-electron chi connectivity index (χ4n) is 1.58. The van der Waals surface area contributed by atoms with E-state index in [-0.39, 0.29) is 0 Å². The van der Waals surface area contributed by atoms with Crippen LogP contribution in [-0.4, -0.2) is 19.2 Å². The molecule has 2 aromatic rings. The lowest BCUT2D eigenvalue weighted by Crippen LogP contribution is -1.99. The molecule has 0 fully saturated rings. The van der Waals surface area contributed by atoms with E-state index in [1.165, 1.54) is 0 Å². The zero-order chi connectivity index (χ0) is 13.0. The van der Waals surface area contributed by atoms with Crippen LogP contribution in [0.5, 0.6) is 11.5 Å². The van der Waals surface area contributed by atoms with E-state index in [0.717, 1.165) is 17.1 Å². The number of hydrogen-bond acceptors (Lipinski definition) is 5. The molecule has 0 saturated carbocycles. The van der Waals surface area contributed by atoms with Crippen LogP contribution < -0.4 is 20.5 Å². The molecule has 0 amide bonds. The van der Waals surface area contributed by atoms with Gasteiger partial charge in [0, 0.05) is 12.3 Å². The summed E-state index contributed by atoms with van der Waals surface area (Å²) >= 11 is 0. The molecule has 0 saturated heterocycles. The third-order valence-electron chi connectivity index (χ3n) is 2.53. The van der Waals surface area contributed by atoms with Gasteiger partial charge in [0.25, 0.3) is 0 Å². The predicted molar refractivity (Wildman–Crippen MR) is 71.5 cm³/mol. The summed E-state index contributed by atoms with van der Waals surface area (Å²) < 4.78 is 10.5. The maximum absolute atomic E-state index is 5.83. The zero-order valence-electron chi connectivity index (χ0n) is 10.3. The highest BCUT2D eigenvalue weighted by Crippen LogP contribution is 2.32. The molecule has 0 bridgehead atoms. The fourth-order valence-corrected chi connectivity index (χ4v) is 1.58. The van der Waals surface area contributed by atoms with Crippen LogP contribution in [-0.2, 0) is 0 Å². The van der Waals surface area contributed by atoms with Gasteiger partial charge >= 0.3 is 0 Å². The van der Waals surface area contributed by atoms with Gasteiger partial charge in [-0.15, -0.1) is 0 Å². The Balaban J connectivity index is 2.35. The monoisotopic (exact) mass is 245 g/mol. The third-order valence-corrected chi connectivity index (χ3v) is 2.53. The van der Waals surface area contributed by atoms with Crippen molar-refractivity contribution in [3.05, 3.63) is 36.7 Å². The molecule has 0 aliphatic carbocycles. The molecule has 0 atom stereocenters. The molecule has 0 radical (unpaired) electrons. The minimum Gasteiger partial charge on any atom is -0.497 e. The molecule has 5 heteroatoms. The molecule has 1 aromatic heterocycles. The molecule has 1 heterocycles. The lowest BCUT2D eigenvalue weighted by Gasteiger charge is -2.13. The normalized spacial score (nSPS) is 9.89. The summed E-state index contributed by atoms with van der Waals surface area (Å²) in [5, 5.41) is 3.20. The van der Waals surface area contributed by atoms with Crippen LogP contribution in [0.3, 0.4) is 0 Å². The van der Waals surface area contributed by atoms with E-state index in [1.54, 1.807) is 32.7 Å². The molecule has 18 heavy (non-hydrogen) atoms. The average Bonchev–Trinajstić information content (AvgIpc) is 2.41. The first-order chi connectivity index (χ1) is 8.74. The number of aromatic nitrogens is 1. The number of pyridine rings is 1. The van der Waals surface area contributed by atoms with Gasteiger partial charge < -0.3 is 20.5 Å². The van der Waals surface area contributed by atoms with Crippen molar-refractivity contribution >= 4 is 17.1 Å². The third kappa shape index (κ3) is 2.45. The molecule has 0 aliphatic heterocycles. The van der Waals surface area contributed by atoms with E-state index in [1.807, 2.05) is 18.2 Å².